The largest absolute Gasteiger partial charge is 0.342 e. The SMILES string of the molecule is Cc1cccc(-n2c(SC(C)C(=O)N3CCCC3)nnc2-c2ccc(Cl)cc2)c1. The van der Waals surface area contributed by atoms with Crippen LogP contribution < -0.4 is 0 Å². The van der Waals surface area contributed by atoms with Crippen LogP contribution in [0.1, 0.15) is 25.3 Å². The molecule has 2 aromatic carbocycles. The maximum atomic E-state index is 12.8. The Bertz CT molecular complexity index is 1010. The molecule has 2 heterocycles. The van der Waals surface area contributed by atoms with Gasteiger partial charge in [-0.15, -0.1) is 10.2 Å². The van der Waals surface area contributed by atoms with Gasteiger partial charge in [0.15, 0.2) is 11.0 Å². The Labute approximate surface area is 180 Å². The summed E-state index contributed by atoms with van der Waals surface area (Å²) in [4.78, 5) is 14.7. The van der Waals surface area contributed by atoms with Gasteiger partial charge in [-0.25, -0.2) is 0 Å². The predicted octanol–water partition coefficient (Wildman–Crippen LogP) is 5.00. The van der Waals surface area contributed by atoms with Gasteiger partial charge >= 0.3 is 0 Å². The number of rotatable bonds is 5. The molecule has 0 radical (unpaired) electrons. The Kier molecular flexibility index (Phi) is 5.92. The summed E-state index contributed by atoms with van der Waals surface area (Å²) in [6, 6.07) is 15.8. The van der Waals surface area contributed by atoms with E-state index in [9.17, 15) is 4.79 Å². The third-order valence-electron chi connectivity index (χ3n) is 5.04. The molecule has 1 fully saturated rings. The third-order valence-corrected chi connectivity index (χ3v) is 6.33. The van der Waals surface area contributed by atoms with Crippen LogP contribution in [-0.2, 0) is 4.79 Å². The molecule has 1 aromatic heterocycles. The minimum atomic E-state index is -0.223. The molecule has 1 saturated heterocycles. The van der Waals surface area contributed by atoms with Crippen molar-refractivity contribution >= 4 is 29.3 Å². The monoisotopic (exact) mass is 426 g/mol. The Morgan fingerprint density at radius 2 is 1.83 bits per heavy atom. The Balaban J connectivity index is 1.71. The standard InChI is InChI=1S/C22H23ClN4OS/c1-15-6-5-7-19(14-15)27-20(17-8-10-18(23)11-9-17)24-25-22(27)29-16(2)21(28)26-12-3-4-13-26/h5-11,14,16H,3-4,12-13H2,1-2H3. The second kappa shape index (κ2) is 8.59. The average Bonchev–Trinajstić information content (AvgIpc) is 3.38. The van der Waals surface area contributed by atoms with E-state index in [-0.39, 0.29) is 11.2 Å². The fourth-order valence-corrected chi connectivity index (χ4v) is 4.61. The lowest BCUT2D eigenvalue weighted by atomic mass is 10.2. The van der Waals surface area contributed by atoms with Gasteiger partial charge in [0, 0.05) is 29.4 Å². The van der Waals surface area contributed by atoms with Crippen LogP contribution in [0.5, 0.6) is 0 Å². The molecule has 29 heavy (non-hydrogen) atoms. The molecule has 1 atom stereocenters. The molecule has 4 rings (SSSR count). The van der Waals surface area contributed by atoms with Gasteiger partial charge in [-0.1, -0.05) is 35.5 Å². The first kappa shape index (κ1) is 20.0. The van der Waals surface area contributed by atoms with Crippen LogP contribution in [0.25, 0.3) is 17.1 Å². The quantitative estimate of drug-likeness (QED) is 0.539. The van der Waals surface area contributed by atoms with E-state index in [2.05, 4.69) is 29.3 Å². The lowest BCUT2D eigenvalue weighted by Gasteiger charge is -2.20. The van der Waals surface area contributed by atoms with Crippen molar-refractivity contribution in [1.82, 2.24) is 19.7 Å². The molecule has 3 aromatic rings. The van der Waals surface area contributed by atoms with Crippen molar-refractivity contribution in [2.24, 2.45) is 0 Å². The highest BCUT2D eigenvalue weighted by molar-refractivity contribution is 8.00. The van der Waals surface area contributed by atoms with E-state index < -0.39 is 0 Å². The number of likely N-dealkylation sites (tertiary alicyclic amines) is 1. The molecule has 0 aliphatic carbocycles. The smallest absolute Gasteiger partial charge is 0.235 e. The van der Waals surface area contributed by atoms with Crippen LogP contribution in [0.3, 0.4) is 0 Å². The first-order chi connectivity index (χ1) is 14.0. The number of halogens is 1. The van der Waals surface area contributed by atoms with Crippen molar-refractivity contribution in [3.8, 4) is 17.1 Å². The highest BCUT2D eigenvalue weighted by Gasteiger charge is 2.26. The van der Waals surface area contributed by atoms with E-state index in [0.717, 1.165) is 48.6 Å². The molecule has 0 spiro atoms. The van der Waals surface area contributed by atoms with E-state index in [4.69, 9.17) is 11.6 Å². The molecule has 1 aliphatic heterocycles. The van der Waals surface area contributed by atoms with Gasteiger partial charge < -0.3 is 4.90 Å². The molecular formula is C22H23ClN4OS. The van der Waals surface area contributed by atoms with Crippen LogP contribution in [0.2, 0.25) is 5.02 Å². The number of aryl methyl sites for hydroxylation is 1. The van der Waals surface area contributed by atoms with Crippen molar-refractivity contribution < 1.29 is 4.79 Å². The zero-order valence-corrected chi connectivity index (χ0v) is 18.1. The van der Waals surface area contributed by atoms with Crippen LogP contribution >= 0.6 is 23.4 Å². The predicted molar refractivity (Wildman–Crippen MR) is 118 cm³/mol. The summed E-state index contributed by atoms with van der Waals surface area (Å²) in [5.74, 6) is 0.898. The van der Waals surface area contributed by atoms with E-state index in [1.807, 2.05) is 52.8 Å². The number of hydrogen-bond donors (Lipinski definition) is 0. The zero-order valence-electron chi connectivity index (χ0n) is 16.5. The molecule has 0 bridgehead atoms. The van der Waals surface area contributed by atoms with E-state index in [1.165, 1.54) is 11.8 Å². The van der Waals surface area contributed by atoms with Gasteiger partial charge in [-0.3, -0.25) is 9.36 Å². The molecule has 7 heteroatoms. The first-order valence-electron chi connectivity index (χ1n) is 9.77. The lowest BCUT2D eigenvalue weighted by molar-refractivity contribution is -0.129. The Morgan fingerprint density at radius 1 is 1.10 bits per heavy atom. The second-order valence-corrected chi connectivity index (χ2v) is 9.02. The number of hydrogen-bond acceptors (Lipinski definition) is 4. The summed E-state index contributed by atoms with van der Waals surface area (Å²) in [5, 5.41) is 10.1. The summed E-state index contributed by atoms with van der Waals surface area (Å²) < 4.78 is 2.02. The molecule has 1 aliphatic rings. The molecule has 150 valence electrons. The Morgan fingerprint density at radius 3 is 2.52 bits per heavy atom. The summed E-state index contributed by atoms with van der Waals surface area (Å²) in [6.45, 7) is 5.71. The van der Waals surface area contributed by atoms with E-state index in [1.54, 1.807) is 0 Å². The van der Waals surface area contributed by atoms with Crippen LogP contribution in [0, 0.1) is 6.92 Å². The van der Waals surface area contributed by atoms with Crippen LogP contribution in [0.15, 0.2) is 53.7 Å². The van der Waals surface area contributed by atoms with Crippen molar-refractivity contribution in [2.45, 2.75) is 37.1 Å². The van der Waals surface area contributed by atoms with Gasteiger partial charge in [0.2, 0.25) is 5.91 Å². The number of aromatic nitrogens is 3. The average molecular weight is 427 g/mol. The van der Waals surface area contributed by atoms with Gasteiger partial charge in [-0.2, -0.15) is 0 Å². The van der Waals surface area contributed by atoms with Gasteiger partial charge in [-0.05, 0) is 68.7 Å². The van der Waals surface area contributed by atoms with Crippen LogP contribution in [0.4, 0.5) is 0 Å². The van der Waals surface area contributed by atoms with Crippen molar-refractivity contribution in [3.05, 3.63) is 59.1 Å². The highest BCUT2D eigenvalue weighted by atomic mass is 35.5. The minimum Gasteiger partial charge on any atom is -0.342 e. The lowest BCUT2D eigenvalue weighted by Crippen LogP contribution is -2.34. The van der Waals surface area contributed by atoms with Crippen LogP contribution in [-0.4, -0.2) is 43.9 Å². The number of carbonyl (C=O) groups is 1. The fourth-order valence-electron chi connectivity index (χ4n) is 3.54. The summed E-state index contributed by atoms with van der Waals surface area (Å²) >= 11 is 7.52. The van der Waals surface area contributed by atoms with Gasteiger partial charge in [0.25, 0.3) is 0 Å². The number of benzene rings is 2. The first-order valence-corrected chi connectivity index (χ1v) is 11.0. The Hall–Kier alpha value is -2.31. The minimum absolute atomic E-state index is 0.166. The molecular weight excluding hydrogens is 404 g/mol. The molecule has 0 N–H and O–H groups in total. The van der Waals surface area contributed by atoms with Gasteiger partial charge in [0.1, 0.15) is 0 Å². The number of carbonyl (C=O) groups excluding carboxylic acids is 1. The molecule has 0 saturated carbocycles. The van der Waals surface area contributed by atoms with Gasteiger partial charge in [0.05, 0.1) is 5.25 Å². The fraction of sp³-hybridized carbons (Fsp3) is 0.318. The van der Waals surface area contributed by atoms with Crippen molar-refractivity contribution in [3.63, 3.8) is 0 Å². The van der Waals surface area contributed by atoms with E-state index in [0.29, 0.717) is 10.2 Å². The van der Waals surface area contributed by atoms with Crippen molar-refractivity contribution in [1.29, 1.82) is 0 Å². The molecule has 5 nitrogen and oxygen atoms in total. The third kappa shape index (κ3) is 4.33. The topological polar surface area (TPSA) is 51.0 Å². The highest BCUT2D eigenvalue weighted by Crippen LogP contribution is 2.31. The normalized spacial score (nSPS) is 14.9. The molecule has 1 amide bonds. The number of nitrogens with zero attached hydrogens (tertiary/aromatic N) is 4. The summed E-state index contributed by atoms with van der Waals surface area (Å²) in [7, 11) is 0. The zero-order chi connectivity index (χ0) is 20.4. The number of thioether (sulfide) groups is 1. The summed E-state index contributed by atoms with van der Waals surface area (Å²) in [6.07, 6.45) is 2.17. The number of amides is 1. The maximum Gasteiger partial charge on any atom is 0.235 e. The maximum absolute atomic E-state index is 12.8. The molecule has 1 unspecified atom stereocenters. The second-order valence-electron chi connectivity index (χ2n) is 7.28. The van der Waals surface area contributed by atoms with E-state index >= 15 is 0 Å². The van der Waals surface area contributed by atoms with Crippen molar-refractivity contribution in [2.75, 3.05) is 13.1 Å². The summed E-state index contributed by atoms with van der Waals surface area (Å²) in [5.41, 5.74) is 3.05.